The van der Waals surface area contributed by atoms with Crippen molar-refractivity contribution < 1.29 is 4.79 Å². The van der Waals surface area contributed by atoms with E-state index in [9.17, 15) is 4.79 Å². The highest BCUT2D eigenvalue weighted by Gasteiger charge is 2.11. The third-order valence-electron chi connectivity index (χ3n) is 2.21. The van der Waals surface area contributed by atoms with Gasteiger partial charge >= 0.3 is 0 Å². The molecule has 0 atom stereocenters. The molecule has 0 saturated heterocycles. The highest BCUT2D eigenvalue weighted by molar-refractivity contribution is 7.16. The Labute approximate surface area is 102 Å². The first-order chi connectivity index (χ1) is 8.16. The molecule has 0 aliphatic carbocycles. The van der Waals surface area contributed by atoms with Gasteiger partial charge in [-0.2, -0.15) is 0 Å². The third kappa shape index (κ3) is 2.76. The summed E-state index contributed by atoms with van der Waals surface area (Å²) in [6.07, 6.45) is 3.45. The molecule has 0 aromatic carbocycles. The number of hydrogen-bond donors (Lipinski definition) is 2. The van der Waals surface area contributed by atoms with E-state index in [2.05, 4.69) is 20.5 Å². The van der Waals surface area contributed by atoms with Crippen LogP contribution in [0.2, 0.25) is 0 Å². The minimum Gasteiger partial charge on any atom is -0.374 e. The van der Waals surface area contributed by atoms with E-state index in [0.717, 1.165) is 22.5 Å². The second-order valence-electron chi connectivity index (χ2n) is 3.43. The Hall–Kier alpha value is -2.02. The summed E-state index contributed by atoms with van der Waals surface area (Å²) >= 11 is 1.07. The average molecular weight is 249 g/mol. The summed E-state index contributed by atoms with van der Waals surface area (Å²) in [5.74, 6) is -0.268. The second-order valence-corrected chi connectivity index (χ2v) is 4.44. The fourth-order valence-corrected chi connectivity index (χ4v) is 1.80. The maximum atomic E-state index is 11.7. The summed E-state index contributed by atoms with van der Waals surface area (Å²) < 4.78 is 0. The van der Waals surface area contributed by atoms with Crippen LogP contribution >= 0.6 is 11.3 Å². The normalized spacial score (nSPS) is 10.2. The number of rotatable bonds is 3. The van der Waals surface area contributed by atoms with Crippen molar-refractivity contribution in [2.75, 3.05) is 5.73 Å². The molecule has 17 heavy (non-hydrogen) atoms. The third-order valence-corrected chi connectivity index (χ3v) is 2.96. The van der Waals surface area contributed by atoms with Crippen molar-refractivity contribution in [2.24, 2.45) is 0 Å². The maximum absolute atomic E-state index is 11.7. The van der Waals surface area contributed by atoms with Crippen molar-refractivity contribution >= 4 is 22.4 Å². The molecule has 6 nitrogen and oxygen atoms in total. The summed E-state index contributed by atoms with van der Waals surface area (Å²) in [7, 11) is 0. The highest BCUT2D eigenvalue weighted by atomic mass is 32.1. The molecule has 2 heterocycles. The number of aryl methyl sites for hydroxylation is 1. The molecular weight excluding hydrogens is 238 g/mol. The van der Waals surface area contributed by atoms with Crippen LogP contribution in [-0.4, -0.2) is 21.1 Å². The lowest BCUT2D eigenvalue weighted by Gasteiger charge is -2.05. The van der Waals surface area contributed by atoms with E-state index in [-0.39, 0.29) is 16.0 Å². The van der Waals surface area contributed by atoms with Gasteiger partial charge in [0.15, 0.2) is 0 Å². The largest absolute Gasteiger partial charge is 0.374 e. The fourth-order valence-electron chi connectivity index (χ4n) is 1.28. The number of carbonyl (C=O) groups is 1. The molecule has 0 unspecified atom stereocenters. The number of nitrogens with one attached hydrogen (secondary N) is 1. The van der Waals surface area contributed by atoms with E-state index in [4.69, 9.17) is 5.73 Å². The molecular formula is C10H11N5OS. The van der Waals surface area contributed by atoms with Crippen molar-refractivity contribution in [2.45, 2.75) is 13.5 Å². The first kappa shape index (κ1) is 11.5. The molecule has 0 aliphatic heterocycles. The lowest BCUT2D eigenvalue weighted by Crippen LogP contribution is -2.23. The van der Waals surface area contributed by atoms with Gasteiger partial charge in [-0.15, -0.1) is 10.2 Å². The Morgan fingerprint density at radius 1 is 1.53 bits per heavy atom. The molecule has 1 amide bonds. The summed E-state index contributed by atoms with van der Waals surface area (Å²) in [5.41, 5.74) is 7.46. The quantitative estimate of drug-likeness (QED) is 0.837. The molecule has 2 rings (SSSR count). The Bertz CT molecular complexity index is 539. The number of nitrogen functional groups attached to an aromatic ring is 1. The van der Waals surface area contributed by atoms with E-state index in [1.165, 1.54) is 0 Å². The van der Waals surface area contributed by atoms with E-state index < -0.39 is 0 Å². The number of nitrogens with zero attached hydrogens (tertiary/aromatic N) is 3. The van der Waals surface area contributed by atoms with Crippen LogP contribution in [0.5, 0.6) is 0 Å². The van der Waals surface area contributed by atoms with Gasteiger partial charge in [0.25, 0.3) is 5.91 Å². The first-order valence-electron chi connectivity index (χ1n) is 4.93. The van der Waals surface area contributed by atoms with E-state index >= 15 is 0 Å². The molecule has 3 N–H and O–H groups in total. The van der Waals surface area contributed by atoms with Crippen LogP contribution in [-0.2, 0) is 6.54 Å². The monoisotopic (exact) mass is 249 g/mol. The summed E-state index contributed by atoms with van der Waals surface area (Å²) in [5, 5.41) is 10.6. The van der Waals surface area contributed by atoms with Gasteiger partial charge in [-0.05, 0) is 24.1 Å². The van der Waals surface area contributed by atoms with Crippen LogP contribution in [0.15, 0.2) is 18.5 Å². The lowest BCUT2D eigenvalue weighted by molar-refractivity contribution is 0.0950. The zero-order valence-corrected chi connectivity index (χ0v) is 9.99. The predicted molar refractivity (Wildman–Crippen MR) is 64.5 cm³/mol. The van der Waals surface area contributed by atoms with Gasteiger partial charge in [-0.3, -0.25) is 9.78 Å². The predicted octanol–water partition coefficient (Wildman–Crippen LogP) is 0.754. The van der Waals surface area contributed by atoms with Gasteiger partial charge in [0.05, 0.1) is 0 Å². The van der Waals surface area contributed by atoms with Gasteiger partial charge in [-0.25, -0.2) is 0 Å². The van der Waals surface area contributed by atoms with Gasteiger partial charge < -0.3 is 11.1 Å². The molecule has 7 heteroatoms. The van der Waals surface area contributed by atoms with Crippen LogP contribution in [0.4, 0.5) is 5.13 Å². The SMILES string of the molecule is Cc1cnccc1CNC(=O)c1nnc(N)s1. The molecule has 0 spiro atoms. The van der Waals surface area contributed by atoms with Crippen LogP contribution in [0.1, 0.15) is 20.9 Å². The topological polar surface area (TPSA) is 93.8 Å². The molecule has 88 valence electrons. The number of pyridine rings is 1. The highest BCUT2D eigenvalue weighted by Crippen LogP contribution is 2.11. The van der Waals surface area contributed by atoms with Crippen molar-refractivity contribution in [1.29, 1.82) is 0 Å². The average Bonchev–Trinajstić information content (AvgIpc) is 2.74. The second kappa shape index (κ2) is 4.88. The molecule has 2 aromatic heterocycles. The number of carbonyl (C=O) groups excluding carboxylic acids is 1. The van der Waals surface area contributed by atoms with E-state index in [1.807, 2.05) is 13.0 Å². The standard InChI is InChI=1S/C10H11N5OS/c1-6-4-12-3-2-7(6)5-13-8(16)9-14-15-10(11)17-9/h2-4H,5H2,1H3,(H2,11,15)(H,13,16). The van der Waals surface area contributed by atoms with Crippen molar-refractivity contribution in [3.8, 4) is 0 Å². The van der Waals surface area contributed by atoms with Crippen LogP contribution in [0.3, 0.4) is 0 Å². The fraction of sp³-hybridized carbons (Fsp3) is 0.200. The van der Waals surface area contributed by atoms with Crippen LogP contribution in [0.25, 0.3) is 0 Å². The minimum atomic E-state index is -0.268. The van der Waals surface area contributed by atoms with Crippen LogP contribution < -0.4 is 11.1 Å². The number of hydrogen-bond acceptors (Lipinski definition) is 6. The number of nitrogens with two attached hydrogens (primary N) is 1. The van der Waals surface area contributed by atoms with E-state index in [0.29, 0.717) is 6.54 Å². The van der Waals surface area contributed by atoms with Crippen LogP contribution in [0, 0.1) is 6.92 Å². The van der Waals surface area contributed by atoms with Gasteiger partial charge in [0.2, 0.25) is 10.1 Å². The van der Waals surface area contributed by atoms with Gasteiger partial charge in [0.1, 0.15) is 0 Å². The Morgan fingerprint density at radius 2 is 2.35 bits per heavy atom. The van der Waals surface area contributed by atoms with Gasteiger partial charge in [0, 0.05) is 18.9 Å². The zero-order chi connectivity index (χ0) is 12.3. The lowest BCUT2D eigenvalue weighted by atomic mass is 10.1. The summed E-state index contributed by atoms with van der Waals surface area (Å²) in [4.78, 5) is 15.7. The maximum Gasteiger partial charge on any atom is 0.282 e. The van der Waals surface area contributed by atoms with Crippen molar-refractivity contribution in [3.63, 3.8) is 0 Å². The Morgan fingerprint density at radius 3 is 3.00 bits per heavy atom. The molecule has 0 aliphatic rings. The number of anilines is 1. The molecule has 0 fully saturated rings. The molecule has 0 bridgehead atoms. The minimum absolute atomic E-state index is 0.268. The summed E-state index contributed by atoms with van der Waals surface area (Å²) in [6, 6.07) is 1.87. The molecule has 0 saturated carbocycles. The Kier molecular flexibility index (Phi) is 3.29. The smallest absolute Gasteiger partial charge is 0.282 e. The van der Waals surface area contributed by atoms with Gasteiger partial charge in [-0.1, -0.05) is 11.3 Å². The molecule has 2 aromatic rings. The van der Waals surface area contributed by atoms with Crippen molar-refractivity contribution in [3.05, 3.63) is 34.6 Å². The molecule has 0 radical (unpaired) electrons. The van der Waals surface area contributed by atoms with Crippen molar-refractivity contribution in [1.82, 2.24) is 20.5 Å². The zero-order valence-electron chi connectivity index (χ0n) is 9.17. The number of amides is 1. The van der Waals surface area contributed by atoms with E-state index in [1.54, 1.807) is 12.4 Å². The number of aromatic nitrogens is 3. The summed E-state index contributed by atoms with van der Waals surface area (Å²) in [6.45, 7) is 2.38. The first-order valence-corrected chi connectivity index (χ1v) is 5.75. The Balaban J connectivity index is 1.99.